The molecule has 0 radical (unpaired) electrons. The number of hydrogen-bond acceptors (Lipinski definition) is 8. The number of sulfone groups is 1. The van der Waals surface area contributed by atoms with Gasteiger partial charge in [-0.05, 0) is 19.3 Å². The predicted molar refractivity (Wildman–Crippen MR) is 91.2 cm³/mol. The van der Waals surface area contributed by atoms with Gasteiger partial charge in [-0.1, -0.05) is 35.9 Å². The summed E-state index contributed by atoms with van der Waals surface area (Å²) in [7, 11) is -3.00. The lowest BCUT2D eigenvalue weighted by atomic mass is 10.1. The molecule has 0 unspecified atom stereocenters. The molecule has 1 atom stereocenters. The minimum absolute atomic E-state index is 0.00206. The van der Waals surface area contributed by atoms with E-state index in [1.54, 1.807) is 0 Å². The summed E-state index contributed by atoms with van der Waals surface area (Å²) in [6.07, 6.45) is 4.71. The highest BCUT2D eigenvalue weighted by Gasteiger charge is 2.38. The Bertz CT molecular complexity index is 670. The molecule has 128 valence electrons. The van der Waals surface area contributed by atoms with Gasteiger partial charge < -0.3 is 10.6 Å². The van der Waals surface area contributed by atoms with E-state index in [9.17, 15) is 13.2 Å². The summed E-state index contributed by atoms with van der Waals surface area (Å²) in [5, 5.41) is 8.02. The number of nitrogen functional groups attached to an aromatic ring is 1. The molecule has 2 heterocycles. The SMILES string of the molecule is Nc1nnc(SCC(=O)N(C2CCCC2)[C@H]2CCS(=O)(=O)C2)s1. The standard InChI is InChI=1S/C13H20N4O3S3/c14-12-15-16-13(22-12)21-7-11(18)17(9-3-1-2-4-9)10-5-6-23(19,20)8-10/h9-10H,1-8H2,(H2,14,15)/t10-/m0/s1. The zero-order valence-electron chi connectivity index (χ0n) is 12.7. The molecule has 0 bridgehead atoms. The van der Waals surface area contributed by atoms with Crippen molar-refractivity contribution in [3.63, 3.8) is 0 Å². The molecular weight excluding hydrogens is 356 g/mol. The largest absolute Gasteiger partial charge is 0.374 e. The summed E-state index contributed by atoms with van der Waals surface area (Å²) in [4.78, 5) is 14.6. The number of anilines is 1. The Morgan fingerprint density at radius 3 is 2.57 bits per heavy atom. The van der Waals surface area contributed by atoms with Crippen molar-refractivity contribution in [2.45, 2.75) is 48.5 Å². The third-order valence-corrected chi connectivity index (χ3v) is 7.97. The van der Waals surface area contributed by atoms with Crippen LogP contribution in [0.2, 0.25) is 0 Å². The first-order valence-corrected chi connectivity index (χ1v) is 11.3. The number of thioether (sulfide) groups is 1. The van der Waals surface area contributed by atoms with E-state index in [4.69, 9.17) is 5.73 Å². The van der Waals surface area contributed by atoms with Crippen molar-refractivity contribution in [1.82, 2.24) is 15.1 Å². The van der Waals surface area contributed by atoms with Crippen LogP contribution in [0.3, 0.4) is 0 Å². The maximum Gasteiger partial charge on any atom is 0.233 e. The minimum Gasteiger partial charge on any atom is -0.374 e. The predicted octanol–water partition coefficient (Wildman–Crippen LogP) is 1.17. The van der Waals surface area contributed by atoms with Gasteiger partial charge in [-0.15, -0.1) is 10.2 Å². The van der Waals surface area contributed by atoms with Crippen molar-refractivity contribution in [2.24, 2.45) is 0 Å². The molecule has 3 rings (SSSR count). The lowest BCUT2D eigenvalue weighted by Crippen LogP contribution is -2.47. The fourth-order valence-corrected chi connectivity index (χ4v) is 6.58. The highest BCUT2D eigenvalue weighted by atomic mass is 32.2. The first-order valence-electron chi connectivity index (χ1n) is 7.68. The highest BCUT2D eigenvalue weighted by molar-refractivity contribution is 8.01. The van der Waals surface area contributed by atoms with E-state index in [2.05, 4.69) is 10.2 Å². The van der Waals surface area contributed by atoms with Gasteiger partial charge in [-0.3, -0.25) is 4.79 Å². The highest BCUT2D eigenvalue weighted by Crippen LogP contribution is 2.31. The molecule has 1 aliphatic carbocycles. The fourth-order valence-electron chi connectivity index (χ4n) is 3.36. The van der Waals surface area contributed by atoms with Crippen molar-refractivity contribution in [3.8, 4) is 0 Å². The van der Waals surface area contributed by atoms with Crippen LogP contribution >= 0.6 is 23.1 Å². The Labute approximate surface area is 143 Å². The second-order valence-electron chi connectivity index (χ2n) is 5.99. The summed E-state index contributed by atoms with van der Waals surface area (Å²) < 4.78 is 24.3. The summed E-state index contributed by atoms with van der Waals surface area (Å²) in [6, 6.07) is 0.0107. The Morgan fingerprint density at radius 2 is 2.00 bits per heavy atom. The number of rotatable bonds is 5. The Balaban J connectivity index is 1.68. The lowest BCUT2D eigenvalue weighted by Gasteiger charge is -2.34. The van der Waals surface area contributed by atoms with Crippen LogP contribution in [0.1, 0.15) is 32.1 Å². The number of aromatic nitrogens is 2. The molecule has 1 aromatic heterocycles. The summed E-state index contributed by atoms with van der Waals surface area (Å²) in [6.45, 7) is 0. The molecule has 1 aliphatic heterocycles. The monoisotopic (exact) mass is 376 g/mol. The zero-order valence-corrected chi connectivity index (χ0v) is 15.1. The van der Waals surface area contributed by atoms with Gasteiger partial charge in [0.25, 0.3) is 0 Å². The van der Waals surface area contributed by atoms with Crippen LogP contribution < -0.4 is 5.73 Å². The average molecular weight is 377 g/mol. The Kier molecular flexibility index (Phi) is 5.12. The number of carbonyl (C=O) groups excluding carboxylic acids is 1. The van der Waals surface area contributed by atoms with Crippen LogP contribution in [0.15, 0.2) is 4.34 Å². The van der Waals surface area contributed by atoms with Crippen molar-refractivity contribution in [1.29, 1.82) is 0 Å². The van der Waals surface area contributed by atoms with E-state index in [-0.39, 0.29) is 35.2 Å². The molecule has 23 heavy (non-hydrogen) atoms. The molecule has 0 aromatic carbocycles. The van der Waals surface area contributed by atoms with Gasteiger partial charge >= 0.3 is 0 Å². The van der Waals surface area contributed by atoms with Crippen molar-refractivity contribution < 1.29 is 13.2 Å². The molecule has 0 spiro atoms. The molecule has 2 N–H and O–H groups in total. The second-order valence-corrected chi connectivity index (χ2v) is 10.5. The average Bonchev–Trinajstić information content (AvgIpc) is 3.20. The Morgan fingerprint density at radius 1 is 1.26 bits per heavy atom. The first kappa shape index (κ1) is 17.0. The van der Waals surface area contributed by atoms with Gasteiger partial charge in [-0.2, -0.15) is 0 Å². The fraction of sp³-hybridized carbons (Fsp3) is 0.769. The third kappa shape index (κ3) is 4.16. The topological polar surface area (TPSA) is 106 Å². The molecule has 2 aliphatic rings. The smallest absolute Gasteiger partial charge is 0.233 e. The van der Waals surface area contributed by atoms with Crippen molar-refractivity contribution >= 4 is 44.0 Å². The summed E-state index contributed by atoms with van der Waals surface area (Å²) >= 11 is 2.58. The van der Waals surface area contributed by atoms with E-state index in [0.717, 1.165) is 25.7 Å². The quantitative estimate of drug-likeness (QED) is 0.769. The summed E-state index contributed by atoms with van der Waals surface area (Å²) in [5.74, 6) is 0.541. The zero-order chi connectivity index (χ0) is 16.4. The molecule has 2 fully saturated rings. The normalized spacial score (nSPS) is 24.1. The maximum absolute atomic E-state index is 12.7. The van der Waals surface area contributed by atoms with Crippen LogP contribution in [0.5, 0.6) is 0 Å². The van der Waals surface area contributed by atoms with Crippen LogP contribution in [-0.2, 0) is 14.6 Å². The molecule has 1 aromatic rings. The van der Waals surface area contributed by atoms with Gasteiger partial charge in [0.15, 0.2) is 14.2 Å². The van der Waals surface area contributed by atoms with E-state index in [0.29, 0.717) is 15.9 Å². The van der Waals surface area contributed by atoms with Gasteiger partial charge in [0, 0.05) is 12.1 Å². The van der Waals surface area contributed by atoms with Crippen molar-refractivity contribution in [2.75, 3.05) is 23.0 Å². The van der Waals surface area contributed by atoms with E-state index < -0.39 is 9.84 Å². The second kappa shape index (κ2) is 6.94. The van der Waals surface area contributed by atoms with Gasteiger partial charge in [0.1, 0.15) is 0 Å². The lowest BCUT2D eigenvalue weighted by molar-refractivity contribution is -0.132. The number of nitrogens with zero attached hydrogens (tertiary/aromatic N) is 3. The maximum atomic E-state index is 12.7. The van der Waals surface area contributed by atoms with Gasteiger partial charge in [0.05, 0.1) is 17.3 Å². The van der Waals surface area contributed by atoms with E-state index in [1.807, 2.05) is 4.90 Å². The van der Waals surface area contributed by atoms with Gasteiger partial charge in [-0.25, -0.2) is 8.42 Å². The molecule has 1 saturated heterocycles. The number of amides is 1. The molecular formula is C13H20N4O3S3. The number of nitrogens with two attached hydrogens (primary N) is 1. The number of hydrogen-bond donors (Lipinski definition) is 1. The number of carbonyl (C=O) groups is 1. The van der Waals surface area contributed by atoms with Crippen LogP contribution in [0.25, 0.3) is 0 Å². The van der Waals surface area contributed by atoms with Crippen LogP contribution in [0, 0.1) is 0 Å². The third-order valence-electron chi connectivity index (χ3n) is 4.35. The van der Waals surface area contributed by atoms with Crippen LogP contribution in [-0.4, -0.2) is 58.8 Å². The van der Waals surface area contributed by atoms with E-state index in [1.165, 1.54) is 23.1 Å². The first-order chi connectivity index (χ1) is 10.9. The molecule has 10 heteroatoms. The summed E-state index contributed by atoms with van der Waals surface area (Å²) in [5.41, 5.74) is 5.54. The molecule has 1 amide bonds. The van der Waals surface area contributed by atoms with E-state index >= 15 is 0 Å². The Hall–Kier alpha value is -0.870. The molecule has 7 nitrogen and oxygen atoms in total. The minimum atomic E-state index is -3.00. The molecule has 1 saturated carbocycles. The van der Waals surface area contributed by atoms with Crippen molar-refractivity contribution in [3.05, 3.63) is 0 Å². The van der Waals surface area contributed by atoms with Crippen LogP contribution in [0.4, 0.5) is 5.13 Å². The van der Waals surface area contributed by atoms with Gasteiger partial charge in [0.2, 0.25) is 11.0 Å².